The van der Waals surface area contributed by atoms with Gasteiger partial charge in [0.2, 0.25) is 0 Å². The molecule has 2 rings (SSSR count). The number of anilines is 1. The van der Waals surface area contributed by atoms with Crippen molar-refractivity contribution < 1.29 is 4.39 Å². The number of rotatable bonds is 0. The number of allylic oxidation sites excluding steroid dienone is 2. The average Bonchev–Trinajstić information content (AvgIpc) is 2.12. The van der Waals surface area contributed by atoms with Gasteiger partial charge in [0.05, 0.1) is 0 Å². The zero-order valence-electron chi connectivity index (χ0n) is 7.82. The van der Waals surface area contributed by atoms with Crippen LogP contribution >= 0.6 is 0 Å². The molecule has 1 aromatic carbocycles. The molecule has 0 saturated heterocycles. The molecule has 68 valence electrons. The number of fused-ring (bicyclic) bond motifs is 1. The maximum Gasteiger partial charge on any atom is 0.131 e. The summed E-state index contributed by atoms with van der Waals surface area (Å²) in [5.74, 6) is -0.0752. The molecular weight excluding hydrogens is 165 g/mol. The minimum Gasteiger partial charge on any atom is -0.359 e. The molecule has 0 aromatic heterocycles. The molecule has 1 aromatic rings. The van der Waals surface area contributed by atoms with E-state index in [0.717, 1.165) is 16.9 Å². The van der Waals surface area contributed by atoms with Crippen LogP contribution < -0.4 is 5.32 Å². The van der Waals surface area contributed by atoms with Crippen LogP contribution in [-0.2, 0) is 6.42 Å². The fourth-order valence-electron chi connectivity index (χ4n) is 1.57. The molecule has 0 radical (unpaired) electrons. The predicted molar refractivity (Wildman–Crippen MR) is 52.2 cm³/mol. The van der Waals surface area contributed by atoms with Gasteiger partial charge in [-0.25, -0.2) is 4.39 Å². The molecule has 0 amide bonds. The zero-order valence-corrected chi connectivity index (χ0v) is 7.82. The van der Waals surface area contributed by atoms with Gasteiger partial charge in [0.1, 0.15) is 5.82 Å². The molecular formula is C11H12FN. The molecule has 0 bridgehead atoms. The second kappa shape index (κ2) is 2.87. The summed E-state index contributed by atoms with van der Waals surface area (Å²) in [5.41, 5.74) is 3.50. The molecule has 2 heteroatoms. The Labute approximate surface area is 77.3 Å². The first-order chi connectivity index (χ1) is 6.18. The molecule has 0 spiro atoms. The van der Waals surface area contributed by atoms with Crippen LogP contribution in [0.5, 0.6) is 0 Å². The van der Waals surface area contributed by atoms with E-state index in [-0.39, 0.29) is 5.82 Å². The average molecular weight is 177 g/mol. The first-order valence-corrected chi connectivity index (χ1v) is 4.40. The lowest BCUT2D eigenvalue weighted by Crippen LogP contribution is -2.08. The number of benzene rings is 1. The lowest BCUT2D eigenvalue weighted by Gasteiger charge is -2.18. The highest BCUT2D eigenvalue weighted by Gasteiger charge is 2.13. The van der Waals surface area contributed by atoms with Crippen molar-refractivity contribution in [2.45, 2.75) is 20.3 Å². The van der Waals surface area contributed by atoms with Gasteiger partial charge in [-0.3, -0.25) is 0 Å². The summed E-state index contributed by atoms with van der Waals surface area (Å²) in [6, 6.07) is 3.74. The fraction of sp³-hybridized carbons (Fsp3) is 0.273. The molecule has 1 heterocycles. The molecule has 1 aliphatic heterocycles. The highest BCUT2D eigenvalue weighted by atomic mass is 19.1. The number of aryl methyl sites for hydroxylation is 1. The van der Waals surface area contributed by atoms with Gasteiger partial charge < -0.3 is 5.32 Å². The lowest BCUT2D eigenvalue weighted by molar-refractivity contribution is 0.605. The van der Waals surface area contributed by atoms with Gasteiger partial charge in [-0.1, -0.05) is 12.1 Å². The van der Waals surface area contributed by atoms with E-state index in [4.69, 9.17) is 0 Å². The van der Waals surface area contributed by atoms with E-state index in [1.807, 2.05) is 19.1 Å². The van der Waals surface area contributed by atoms with Gasteiger partial charge in [-0.15, -0.1) is 0 Å². The van der Waals surface area contributed by atoms with Gasteiger partial charge in [-0.2, -0.15) is 0 Å². The Morgan fingerprint density at radius 3 is 2.85 bits per heavy atom. The number of halogens is 1. The summed E-state index contributed by atoms with van der Waals surface area (Å²) >= 11 is 0. The van der Waals surface area contributed by atoms with Crippen molar-refractivity contribution in [3.8, 4) is 0 Å². The van der Waals surface area contributed by atoms with Crippen LogP contribution in [0.15, 0.2) is 23.9 Å². The normalized spacial score (nSPS) is 14.5. The maximum absolute atomic E-state index is 13.5. The van der Waals surface area contributed by atoms with E-state index in [1.54, 1.807) is 13.0 Å². The first-order valence-electron chi connectivity index (χ1n) is 4.40. The summed E-state index contributed by atoms with van der Waals surface area (Å²) in [6.07, 6.45) is 2.70. The van der Waals surface area contributed by atoms with Gasteiger partial charge >= 0.3 is 0 Å². The molecule has 0 unspecified atom stereocenters. The first kappa shape index (κ1) is 8.30. The number of hydrogen-bond acceptors (Lipinski definition) is 1. The van der Waals surface area contributed by atoms with Crippen LogP contribution in [0.3, 0.4) is 0 Å². The van der Waals surface area contributed by atoms with Crippen molar-refractivity contribution in [3.63, 3.8) is 0 Å². The van der Waals surface area contributed by atoms with E-state index < -0.39 is 0 Å². The minimum absolute atomic E-state index is 0.0752. The monoisotopic (exact) mass is 177 g/mol. The van der Waals surface area contributed by atoms with Crippen LogP contribution in [0.4, 0.5) is 10.1 Å². The van der Waals surface area contributed by atoms with Crippen LogP contribution in [0.25, 0.3) is 0 Å². The van der Waals surface area contributed by atoms with Crippen molar-refractivity contribution in [3.05, 3.63) is 40.8 Å². The summed E-state index contributed by atoms with van der Waals surface area (Å²) in [7, 11) is 0. The lowest BCUT2D eigenvalue weighted by atomic mass is 10.0. The van der Waals surface area contributed by atoms with E-state index in [9.17, 15) is 4.39 Å². The smallest absolute Gasteiger partial charge is 0.131 e. The third-order valence-electron chi connectivity index (χ3n) is 2.38. The Bertz CT molecular complexity index is 380. The third kappa shape index (κ3) is 1.32. The van der Waals surface area contributed by atoms with E-state index in [0.29, 0.717) is 12.0 Å². The molecule has 0 atom stereocenters. The van der Waals surface area contributed by atoms with Crippen LogP contribution in [0, 0.1) is 12.7 Å². The second-order valence-corrected chi connectivity index (χ2v) is 3.44. The molecule has 1 nitrogen and oxygen atoms in total. The van der Waals surface area contributed by atoms with Crippen molar-refractivity contribution in [2.24, 2.45) is 0 Å². The molecule has 1 aliphatic rings. The summed E-state index contributed by atoms with van der Waals surface area (Å²) in [6.45, 7) is 3.78. The van der Waals surface area contributed by atoms with E-state index in [2.05, 4.69) is 5.32 Å². The second-order valence-electron chi connectivity index (χ2n) is 3.44. The van der Waals surface area contributed by atoms with Gasteiger partial charge in [-0.05, 0) is 31.9 Å². The van der Waals surface area contributed by atoms with E-state index >= 15 is 0 Å². The topological polar surface area (TPSA) is 12.0 Å². The summed E-state index contributed by atoms with van der Waals surface area (Å²) in [5, 5.41) is 3.15. The molecule has 1 N–H and O–H groups in total. The molecule has 0 aliphatic carbocycles. The van der Waals surface area contributed by atoms with E-state index in [1.165, 1.54) is 0 Å². The SMILES string of the molecule is CC1=CCc2c(ccc(C)c2F)N1. The predicted octanol–water partition coefficient (Wildman–Crippen LogP) is 3.01. The van der Waals surface area contributed by atoms with Gasteiger partial charge in [0.15, 0.2) is 0 Å². The molecule has 0 fully saturated rings. The third-order valence-corrected chi connectivity index (χ3v) is 2.38. The number of hydrogen-bond donors (Lipinski definition) is 1. The van der Waals surface area contributed by atoms with Crippen LogP contribution in [-0.4, -0.2) is 0 Å². The Hall–Kier alpha value is -1.31. The summed E-state index contributed by atoms with van der Waals surface area (Å²) in [4.78, 5) is 0. The van der Waals surface area contributed by atoms with Crippen LogP contribution in [0.2, 0.25) is 0 Å². The maximum atomic E-state index is 13.5. The van der Waals surface area contributed by atoms with Gasteiger partial charge in [0, 0.05) is 16.9 Å². The van der Waals surface area contributed by atoms with Crippen molar-refractivity contribution in [1.82, 2.24) is 0 Å². The van der Waals surface area contributed by atoms with Crippen molar-refractivity contribution in [1.29, 1.82) is 0 Å². The summed E-state index contributed by atoms with van der Waals surface area (Å²) < 4.78 is 13.5. The van der Waals surface area contributed by atoms with Crippen molar-refractivity contribution in [2.75, 3.05) is 5.32 Å². The highest BCUT2D eigenvalue weighted by molar-refractivity contribution is 5.59. The molecule has 13 heavy (non-hydrogen) atoms. The Balaban J connectivity index is 2.53. The number of nitrogens with one attached hydrogen (secondary N) is 1. The highest BCUT2D eigenvalue weighted by Crippen LogP contribution is 2.27. The minimum atomic E-state index is -0.0752. The largest absolute Gasteiger partial charge is 0.359 e. The standard InChI is InChI=1S/C11H12FN/c1-7-3-6-10-9(11(7)12)5-4-8(2)13-10/h3-4,6,13H,5H2,1-2H3. The van der Waals surface area contributed by atoms with Gasteiger partial charge in [0.25, 0.3) is 0 Å². The fourth-order valence-corrected chi connectivity index (χ4v) is 1.57. The quantitative estimate of drug-likeness (QED) is 0.642. The Morgan fingerprint density at radius 2 is 2.08 bits per heavy atom. The molecule has 0 saturated carbocycles. The van der Waals surface area contributed by atoms with Crippen LogP contribution in [0.1, 0.15) is 18.1 Å². The Morgan fingerprint density at radius 1 is 1.31 bits per heavy atom. The Kier molecular flexibility index (Phi) is 1.83. The van der Waals surface area contributed by atoms with Crippen molar-refractivity contribution >= 4 is 5.69 Å². The zero-order chi connectivity index (χ0) is 9.42.